The van der Waals surface area contributed by atoms with Crippen LogP contribution in [0.1, 0.15) is 59.6 Å². The normalized spacial score (nSPS) is 17.3. The third kappa shape index (κ3) is 2.35. The van der Waals surface area contributed by atoms with E-state index >= 15 is 0 Å². The second-order valence-corrected chi connectivity index (χ2v) is 6.48. The van der Waals surface area contributed by atoms with Crippen molar-refractivity contribution in [3.05, 3.63) is 62.7 Å². The summed E-state index contributed by atoms with van der Waals surface area (Å²) < 4.78 is 5.48. The Kier molecular flexibility index (Phi) is 3.29. The predicted octanol–water partition coefficient (Wildman–Crippen LogP) is 3.69. The highest BCUT2D eigenvalue weighted by Gasteiger charge is 2.27. The van der Waals surface area contributed by atoms with Crippen molar-refractivity contribution in [1.29, 1.82) is 0 Å². The van der Waals surface area contributed by atoms with Gasteiger partial charge in [-0.15, -0.1) is 0 Å². The Morgan fingerprint density at radius 1 is 1.14 bits per heavy atom. The fourth-order valence-corrected chi connectivity index (χ4v) is 3.53. The van der Waals surface area contributed by atoms with Crippen molar-refractivity contribution in [2.24, 2.45) is 0 Å². The number of aryl methyl sites for hydroxylation is 1. The number of fused-ring (bicyclic) bond motifs is 1. The largest absolute Gasteiger partial charge is 0.507 e. The van der Waals surface area contributed by atoms with Crippen LogP contribution in [-0.2, 0) is 19.3 Å². The zero-order valence-electron chi connectivity index (χ0n) is 12.6. The zero-order chi connectivity index (χ0) is 15.1. The second-order valence-electron chi connectivity index (χ2n) is 6.48. The molecule has 0 saturated heterocycles. The molecule has 22 heavy (non-hydrogen) atoms. The van der Waals surface area contributed by atoms with E-state index in [0.717, 1.165) is 36.8 Å². The highest BCUT2D eigenvalue weighted by atomic mass is 16.4. The smallest absolute Gasteiger partial charge is 0.343 e. The van der Waals surface area contributed by atoms with Crippen LogP contribution in [0.5, 0.6) is 5.75 Å². The van der Waals surface area contributed by atoms with Crippen LogP contribution in [0, 0.1) is 0 Å². The van der Waals surface area contributed by atoms with Gasteiger partial charge < -0.3 is 9.52 Å². The molecule has 0 radical (unpaired) electrons. The molecule has 0 atom stereocenters. The molecular formula is C19H20O3. The van der Waals surface area contributed by atoms with E-state index in [1.54, 1.807) is 0 Å². The van der Waals surface area contributed by atoms with Crippen LogP contribution >= 0.6 is 0 Å². The summed E-state index contributed by atoms with van der Waals surface area (Å²) >= 11 is 0. The molecule has 2 aliphatic rings. The number of benzene rings is 1. The van der Waals surface area contributed by atoms with Gasteiger partial charge in [-0.2, -0.15) is 0 Å². The van der Waals surface area contributed by atoms with E-state index in [0.29, 0.717) is 23.7 Å². The molecule has 1 saturated carbocycles. The van der Waals surface area contributed by atoms with Gasteiger partial charge in [-0.05, 0) is 49.1 Å². The second kappa shape index (κ2) is 5.31. The van der Waals surface area contributed by atoms with Gasteiger partial charge in [-0.3, -0.25) is 0 Å². The summed E-state index contributed by atoms with van der Waals surface area (Å²) in [6.07, 6.45) is 6.56. The van der Waals surface area contributed by atoms with Gasteiger partial charge in [0.1, 0.15) is 11.5 Å². The maximum absolute atomic E-state index is 12.3. The molecule has 3 nitrogen and oxygen atoms in total. The minimum atomic E-state index is -0.372. The maximum atomic E-state index is 12.3. The first-order valence-electron chi connectivity index (χ1n) is 8.18. The minimum Gasteiger partial charge on any atom is -0.507 e. The molecule has 1 heterocycles. The van der Waals surface area contributed by atoms with Crippen molar-refractivity contribution in [3.8, 4) is 5.75 Å². The van der Waals surface area contributed by atoms with Crippen molar-refractivity contribution >= 4 is 0 Å². The van der Waals surface area contributed by atoms with Crippen molar-refractivity contribution in [2.75, 3.05) is 0 Å². The average Bonchev–Trinajstić information content (AvgIpc) is 3.37. The summed E-state index contributed by atoms with van der Waals surface area (Å²) in [5, 5.41) is 10.6. The fourth-order valence-electron chi connectivity index (χ4n) is 3.53. The Morgan fingerprint density at radius 2 is 1.91 bits per heavy atom. The summed E-state index contributed by atoms with van der Waals surface area (Å²) in [5.74, 6) is 1.49. The van der Waals surface area contributed by atoms with Gasteiger partial charge in [0.2, 0.25) is 0 Å². The zero-order valence-corrected chi connectivity index (χ0v) is 12.6. The standard InChI is InChI=1S/C19H20O3/c20-18-15-7-3-4-8-17(15)22-19(21)16(18)11-13-5-1-2-6-14(13)12-9-10-12/h1-2,5-6,12,20H,3-4,7-11H2. The van der Waals surface area contributed by atoms with Crippen LogP contribution in [0.25, 0.3) is 0 Å². The molecule has 2 aliphatic carbocycles. The molecular weight excluding hydrogens is 276 g/mol. The Morgan fingerprint density at radius 3 is 2.73 bits per heavy atom. The highest BCUT2D eigenvalue weighted by Crippen LogP contribution is 2.42. The topological polar surface area (TPSA) is 50.4 Å². The SMILES string of the molecule is O=c1oc2c(c(O)c1Cc1ccccc1C1CC1)CCCC2. The third-order valence-corrected chi connectivity index (χ3v) is 4.89. The Labute approximate surface area is 129 Å². The van der Waals surface area contributed by atoms with Gasteiger partial charge in [-0.1, -0.05) is 24.3 Å². The summed E-state index contributed by atoms with van der Waals surface area (Å²) in [4.78, 5) is 12.3. The molecule has 114 valence electrons. The number of rotatable bonds is 3. The van der Waals surface area contributed by atoms with Crippen LogP contribution in [0.3, 0.4) is 0 Å². The average molecular weight is 296 g/mol. The Hall–Kier alpha value is -2.03. The summed E-state index contributed by atoms with van der Waals surface area (Å²) in [7, 11) is 0. The molecule has 1 aromatic carbocycles. The summed E-state index contributed by atoms with van der Waals surface area (Å²) in [6.45, 7) is 0. The van der Waals surface area contributed by atoms with Crippen molar-refractivity contribution < 1.29 is 9.52 Å². The van der Waals surface area contributed by atoms with E-state index in [4.69, 9.17) is 4.42 Å². The van der Waals surface area contributed by atoms with Crippen molar-refractivity contribution in [3.63, 3.8) is 0 Å². The fraction of sp³-hybridized carbons (Fsp3) is 0.421. The first kappa shape index (κ1) is 13.6. The maximum Gasteiger partial charge on any atom is 0.343 e. The molecule has 3 heteroatoms. The summed E-state index contributed by atoms with van der Waals surface area (Å²) in [5.41, 5.74) is 3.37. The predicted molar refractivity (Wildman–Crippen MR) is 84.5 cm³/mol. The van der Waals surface area contributed by atoms with Crippen LogP contribution in [0.15, 0.2) is 33.5 Å². The van der Waals surface area contributed by atoms with Crippen LogP contribution in [-0.4, -0.2) is 5.11 Å². The van der Waals surface area contributed by atoms with Crippen LogP contribution in [0.2, 0.25) is 0 Å². The highest BCUT2D eigenvalue weighted by molar-refractivity contribution is 5.45. The van der Waals surface area contributed by atoms with Crippen molar-refractivity contribution in [2.45, 2.75) is 50.9 Å². The lowest BCUT2D eigenvalue weighted by atomic mass is 9.92. The molecule has 4 rings (SSSR count). The van der Waals surface area contributed by atoms with E-state index in [1.165, 1.54) is 18.4 Å². The number of hydrogen-bond donors (Lipinski definition) is 1. The molecule has 1 fully saturated rings. The van der Waals surface area contributed by atoms with Gasteiger partial charge in [0.05, 0.1) is 5.56 Å². The molecule has 0 unspecified atom stereocenters. The molecule has 2 aromatic rings. The van der Waals surface area contributed by atoms with Crippen LogP contribution < -0.4 is 5.63 Å². The van der Waals surface area contributed by atoms with E-state index in [-0.39, 0.29) is 11.4 Å². The molecule has 0 amide bonds. The number of aromatic hydroxyl groups is 1. The quantitative estimate of drug-likeness (QED) is 0.939. The van der Waals surface area contributed by atoms with Crippen molar-refractivity contribution in [1.82, 2.24) is 0 Å². The van der Waals surface area contributed by atoms with Gasteiger partial charge in [0, 0.05) is 18.4 Å². The molecule has 1 N–H and O–H groups in total. The van der Waals surface area contributed by atoms with Gasteiger partial charge in [-0.25, -0.2) is 4.79 Å². The minimum absolute atomic E-state index is 0.177. The van der Waals surface area contributed by atoms with Gasteiger partial charge >= 0.3 is 5.63 Å². The molecule has 0 aliphatic heterocycles. The summed E-state index contributed by atoms with van der Waals surface area (Å²) in [6, 6.07) is 8.25. The molecule has 0 bridgehead atoms. The van der Waals surface area contributed by atoms with Crippen LogP contribution in [0.4, 0.5) is 0 Å². The first-order valence-corrected chi connectivity index (χ1v) is 8.18. The van der Waals surface area contributed by atoms with E-state index in [9.17, 15) is 9.90 Å². The van der Waals surface area contributed by atoms with E-state index in [2.05, 4.69) is 12.1 Å². The Bertz CT molecular complexity index is 769. The van der Waals surface area contributed by atoms with E-state index < -0.39 is 0 Å². The van der Waals surface area contributed by atoms with E-state index in [1.807, 2.05) is 12.1 Å². The lowest BCUT2D eigenvalue weighted by Crippen LogP contribution is -2.15. The third-order valence-electron chi connectivity index (χ3n) is 4.89. The van der Waals surface area contributed by atoms with Gasteiger partial charge in [0.15, 0.2) is 0 Å². The first-order chi connectivity index (χ1) is 10.7. The molecule has 0 spiro atoms. The monoisotopic (exact) mass is 296 g/mol. The number of hydrogen-bond acceptors (Lipinski definition) is 3. The Balaban J connectivity index is 1.76. The molecule has 1 aromatic heterocycles. The van der Waals surface area contributed by atoms with Gasteiger partial charge in [0.25, 0.3) is 0 Å². The lowest BCUT2D eigenvalue weighted by Gasteiger charge is -2.17. The lowest BCUT2D eigenvalue weighted by molar-refractivity contribution is 0.385.